The van der Waals surface area contributed by atoms with Gasteiger partial charge in [-0.15, -0.1) is 0 Å². The van der Waals surface area contributed by atoms with Gasteiger partial charge in [0.2, 0.25) is 5.91 Å². The maximum atomic E-state index is 12.3. The Labute approximate surface area is 95.4 Å². The molecule has 0 saturated carbocycles. The van der Waals surface area contributed by atoms with Crippen molar-refractivity contribution in [3.8, 4) is 0 Å². The first-order chi connectivity index (χ1) is 7.76. The number of carboxylic acid groups (broad SMARTS) is 1. The van der Waals surface area contributed by atoms with Crippen molar-refractivity contribution in [2.24, 2.45) is 0 Å². The highest BCUT2D eigenvalue weighted by Gasteiger charge is 2.43. The van der Waals surface area contributed by atoms with Crippen molar-refractivity contribution in [3.05, 3.63) is 0 Å². The second-order valence-corrected chi connectivity index (χ2v) is 5.18. The standard InChI is InChI=1S/C7H10F2N2O5S/c8-7(9)17(15,16)11-2-1-10-6(14)4(11)3-5(12)13/h4,7H,1-3H2,(H,10,14)(H,12,13). The van der Waals surface area contributed by atoms with Crippen molar-refractivity contribution < 1.29 is 31.9 Å². The normalized spacial score (nSPS) is 22.5. The van der Waals surface area contributed by atoms with Crippen molar-refractivity contribution in [3.63, 3.8) is 0 Å². The molecule has 98 valence electrons. The molecule has 1 heterocycles. The zero-order chi connectivity index (χ0) is 13.2. The summed E-state index contributed by atoms with van der Waals surface area (Å²) in [4.78, 5) is 21.8. The van der Waals surface area contributed by atoms with E-state index in [4.69, 9.17) is 5.11 Å². The van der Waals surface area contributed by atoms with Crippen LogP contribution in [-0.4, -0.2) is 54.6 Å². The van der Waals surface area contributed by atoms with Crippen molar-refractivity contribution in [2.45, 2.75) is 18.2 Å². The number of nitrogens with one attached hydrogen (secondary N) is 1. The topological polar surface area (TPSA) is 104 Å². The maximum Gasteiger partial charge on any atom is 0.350 e. The lowest BCUT2D eigenvalue weighted by Gasteiger charge is -2.32. The summed E-state index contributed by atoms with van der Waals surface area (Å²) in [5.41, 5.74) is 0. The van der Waals surface area contributed by atoms with Gasteiger partial charge < -0.3 is 10.4 Å². The third-order valence-electron chi connectivity index (χ3n) is 2.20. The van der Waals surface area contributed by atoms with E-state index in [0.717, 1.165) is 0 Å². The fourth-order valence-electron chi connectivity index (χ4n) is 1.46. The van der Waals surface area contributed by atoms with E-state index in [0.29, 0.717) is 0 Å². The maximum absolute atomic E-state index is 12.3. The molecule has 1 fully saturated rings. The molecular formula is C7H10F2N2O5S. The molecule has 10 heteroatoms. The minimum Gasteiger partial charge on any atom is -0.481 e. The molecule has 1 saturated heterocycles. The molecule has 17 heavy (non-hydrogen) atoms. The molecule has 0 aliphatic carbocycles. The summed E-state index contributed by atoms with van der Waals surface area (Å²) in [5.74, 6) is -6.01. The van der Waals surface area contributed by atoms with Crippen molar-refractivity contribution in [1.29, 1.82) is 0 Å². The Morgan fingerprint density at radius 3 is 2.65 bits per heavy atom. The van der Waals surface area contributed by atoms with Gasteiger partial charge in [0.05, 0.1) is 6.42 Å². The number of sulfonamides is 1. The number of carbonyl (C=O) groups excluding carboxylic acids is 1. The van der Waals surface area contributed by atoms with Crippen molar-refractivity contribution >= 4 is 21.9 Å². The van der Waals surface area contributed by atoms with Crippen molar-refractivity contribution in [1.82, 2.24) is 9.62 Å². The molecule has 2 N–H and O–H groups in total. The van der Waals surface area contributed by atoms with Gasteiger partial charge in [-0.25, -0.2) is 8.42 Å². The summed E-state index contributed by atoms with van der Waals surface area (Å²) in [7, 11) is -4.95. The van der Waals surface area contributed by atoms with E-state index in [1.54, 1.807) is 0 Å². The van der Waals surface area contributed by atoms with Crippen LogP contribution in [0.25, 0.3) is 0 Å². The van der Waals surface area contributed by atoms with Crippen LogP contribution in [0.4, 0.5) is 8.78 Å². The number of hydrogen-bond donors (Lipinski definition) is 2. The second-order valence-electron chi connectivity index (χ2n) is 3.32. The lowest BCUT2D eigenvalue weighted by Crippen LogP contribution is -2.58. The van der Waals surface area contributed by atoms with E-state index < -0.39 is 40.1 Å². The Hall–Kier alpha value is -1.29. The third-order valence-corrected chi connectivity index (χ3v) is 3.74. The number of aliphatic carboxylic acids is 1. The summed E-state index contributed by atoms with van der Waals surface area (Å²) >= 11 is 0. The first kappa shape index (κ1) is 13.8. The number of hydrogen-bond acceptors (Lipinski definition) is 4. The van der Waals surface area contributed by atoms with Crippen LogP contribution in [0.5, 0.6) is 0 Å². The molecule has 7 nitrogen and oxygen atoms in total. The van der Waals surface area contributed by atoms with Crippen LogP contribution >= 0.6 is 0 Å². The molecule has 1 amide bonds. The summed E-state index contributed by atoms with van der Waals surface area (Å²) in [6.45, 7) is -0.489. The number of amides is 1. The Morgan fingerprint density at radius 1 is 1.59 bits per heavy atom. The van der Waals surface area contributed by atoms with Gasteiger partial charge in [0.25, 0.3) is 10.0 Å². The molecule has 0 aromatic heterocycles. The van der Waals surface area contributed by atoms with Crippen molar-refractivity contribution in [2.75, 3.05) is 13.1 Å². The summed E-state index contributed by atoms with van der Waals surface area (Å²) < 4.78 is 47.3. The van der Waals surface area contributed by atoms with Crippen LogP contribution in [0.2, 0.25) is 0 Å². The molecule has 0 radical (unpaired) electrons. The van der Waals surface area contributed by atoms with Crippen LogP contribution in [0, 0.1) is 0 Å². The smallest absolute Gasteiger partial charge is 0.350 e. The molecular weight excluding hydrogens is 262 g/mol. The average molecular weight is 272 g/mol. The van der Waals surface area contributed by atoms with E-state index >= 15 is 0 Å². The minimum absolute atomic E-state index is 0.124. The zero-order valence-corrected chi connectivity index (χ0v) is 9.28. The highest BCUT2D eigenvalue weighted by molar-refractivity contribution is 7.89. The van der Waals surface area contributed by atoms with Gasteiger partial charge in [-0.1, -0.05) is 0 Å². The van der Waals surface area contributed by atoms with Crippen LogP contribution < -0.4 is 5.32 Å². The Morgan fingerprint density at radius 2 is 2.18 bits per heavy atom. The SMILES string of the molecule is O=C(O)CC1C(=O)NCCN1S(=O)(=O)C(F)F. The monoisotopic (exact) mass is 272 g/mol. The van der Waals surface area contributed by atoms with E-state index in [1.807, 2.05) is 0 Å². The van der Waals surface area contributed by atoms with Gasteiger partial charge in [0.1, 0.15) is 6.04 Å². The summed E-state index contributed by atoms with van der Waals surface area (Å²) in [6, 6.07) is -1.62. The minimum atomic E-state index is -4.95. The van der Waals surface area contributed by atoms with Gasteiger partial charge in [0.15, 0.2) is 0 Å². The van der Waals surface area contributed by atoms with E-state index in [-0.39, 0.29) is 17.4 Å². The molecule has 1 rings (SSSR count). The predicted molar refractivity (Wildman–Crippen MR) is 50.7 cm³/mol. The number of rotatable bonds is 4. The predicted octanol–water partition coefficient (Wildman–Crippen LogP) is -1.19. The Balaban J connectivity index is 3.02. The van der Waals surface area contributed by atoms with Crippen LogP contribution in [0.1, 0.15) is 6.42 Å². The Kier molecular flexibility index (Phi) is 3.98. The van der Waals surface area contributed by atoms with E-state index in [1.165, 1.54) is 0 Å². The molecule has 1 unspecified atom stereocenters. The quantitative estimate of drug-likeness (QED) is 0.670. The second kappa shape index (κ2) is 4.92. The molecule has 1 atom stereocenters. The summed E-state index contributed by atoms with van der Waals surface area (Å²) in [6.07, 6.45) is -0.849. The number of piperazine rings is 1. The lowest BCUT2D eigenvalue weighted by atomic mass is 10.1. The average Bonchev–Trinajstić information content (AvgIpc) is 2.19. The fourth-order valence-corrected chi connectivity index (χ4v) is 2.54. The number of nitrogens with zero attached hydrogens (tertiary/aromatic N) is 1. The third kappa shape index (κ3) is 2.88. The van der Waals surface area contributed by atoms with Gasteiger partial charge >= 0.3 is 11.7 Å². The summed E-state index contributed by atoms with van der Waals surface area (Å²) in [5, 5.41) is 10.7. The Bertz CT molecular complexity index is 424. The number of carbonyl (C=O) groups is 2. The largest absolute Gasteiger partial charge is 0.481 e. The van der Waals surface area contributed by atoms with E-state index in [2.05, 4.69) is 5.32 Å². The van der Waals surface area contributed by atoms with Crippen LogP contribution in [-0.2, 0) is 19.6 Å². The van der Waals surface area contributed by atoms with Crippen LogP contribution in [0.15, 0.2) is 0 Å². The van der Waals surface area contributed by atoms with Gasteiger partial charge in [0, 0.05) is 13.1 Å². The van der Waals surface area contributed by atoms with Crippen LogP contribution in [0.3, 0.4) is 0 Å². The van der Waals surface area contributed by atoms with Gasteiger partial charge in [-0.3, -0.25) is 9.59 Å². The molecule has 1 aliphatic rings. The first-order valence-electron chi connectivity index (χ1n) is 4.55. The first-order valence-corrected chi connectivity index (χ1v) is 6.05. The number of alkyl halides is 2. The number of halogens is 2. The molecule has 0 aromatic rings. The van der Waals surface area contributed by atoms with E-state index in [9.17, 15) is 26.8 Å². The highest BCUT2D eigenvalue weighted by atomic mass is 32.2. The zero-order valence-electron chi connectivity index (χ0n) is 8.47. The number of carboxylic acids is 1. The molecule has 1 aliphatic heterocycles. The fraction of sp³-hybridized carbons (Fsp3) is 0.714. The highest BCUT2D eigenvalue weighted by Crippen LogP contribution is 2.19. The molecule has 0 spiro atoms. The van der Waals surface area contributed by atoms with Gasteiger partial charge in [-0.2, -0.15) is 13.1 Å². The molecule has 0 aromatic carbocycles. The molecule has 0 bridgehead atoms. The van der Waals surface area contributed by atoms with Gasteiger partial charge in [-0.05, 0) is 0 Å². The lowest BCUT2D eigenvalue weighted by molar-refractivity contribution is -0.141.